The van der Waals surface area contributed by atoms with Crippen LogP contribution in [0.1, 0.15) is 5.56 Å². The number of likely N-dealkylation sites (tertiary alicyclic amines) is 1. The zero-order chi connectivity index (χ0) is 11.5. The first kappa shape index (κ1) is 10.7. The molecule has 1 saturated heterocycles. The predicted octanol–water partition coefficient (Wildman–Crippen LogP) is 1.24. The maximum Gasteiger partial charge on any atom is 0.407 e. The van der Waals surface area contributed by atoms with Crippen molar-refractivity contribution in [3.05, 3.63) is 23.9 Å². The third-order valence-electron chi connectivity index (χ3n) is 2.76. The molecule has 1 N–H and O–H groups in total. The molecule has 16 heavy (non-hydrogen) atoms. The van der Waals surface area contributed by atoms with Crippen LogP contribution in [0.25, 0.3) is 0 Å². The molecule has 0 aliphatic carbocycles. The molecule has 1 aromatic heterocycles. The Morgan fingerprint density at radius 3 is 2.88 bits per heavy atom. The molecule has 86 valence electrons. The highest BCUT2D eigenvalue weighted by Crippen LogP contribution is 2.20. The molecule has 1 aliphatic rings. The summed E-state index contributed by atoms with van der Waals surface area (Å²) >= 11 is 0. The van der Waals surface area contributed by atoms with Crippen LogP contribution in [0, 0.1) is 5.92 Å². The van der Waals surface area contributed by atoms with E-state index in [2.05, 4.69) is 4.98 Å². The third-order valence-corrected chi connectivity index (χ3v) is 2.76. The third kappa shape index (κ3) is 2.24. The van der Waals surface area contributed by atoms with Crippen LogP contribution in [0.5, 0.6) is 5.88 Å². The van der Waals surface area contributed by atoms with E-state index in [-0.39, 0.29) is 0 Å². The average Bonchev–Trinajstić information content (AvgIpc) is 2.23. The number of pyridine rings is 1. The maximum absolute atomic E-state index is 10.6. The summed E-state index contributed by atoms with van der Waals surface area (Å²) in [7, 11) is 1.58. The van der Waals surface area contributed by atoms with Crippen molar-refractivity contribution in [1.29, 1.82) is 0 Å². The van der Waals surface area contributed by atoms with Crippen LogP contribution in [0.4, 0.5) is 4.79 Å². The summed E-state index contributed by atoms with van der Waals surface area (Å²) in [5.41, 5.74) is 1.12. The van der Waals surface area contributed by atoms with Gasteiger partial charge >= 0.3 is 6.09 Å². The molecule has 1 fully saturated rings. The number of carbonyl (C=O) groups is 1. The van der Waals surface area contributed by atoms with Gasteiger partial charge in [-0.25, -0.2) is 9.78 Å². The van der Waals surface area contributed by atoms with Crippen molar-refractivity contribution in [1.82, 2.24) is 9.88 Å². The van der Waals surface area contributed by atoms with E-state index < -0.39 is 6.09 Å². The summed E-state index contributed by atoms with van der Waals surface area (Å²) in [4.78, 5) is 16.1. The van der Waals surface area contributed by atoms with Gasteiger partial charge in [0.25, 0.3) is 0 Å². The number of aromatic nitrogens is 1. The molecule has 2 rings (SSSR count). The van der Waals surface area contributed by atoms with E-state index in [1.807, 2.05) is 12.1 Å². The smallest absolute Gasteiger partial charge is 0.407 e. The fourth-order valence-electron chi connectivity index (χ4n) is 1.84. The van der Waals surface area contributed by atoms with Crippen LogP contribution in [-0.2, 0) is 6.42 Å². The fourth-order valence-corrected chi connectivity index (χ4v) is 1.84. The van der Waals surface area contributed by atoms with Gasteiger partial charge < -0.3 is 14.7 Å². The van der Waals surface area contributed by atoms with Gasteiger partial charge in [-0.05, 0) is 17.9 Å². The number of amides is 1. The molecular formula is C11H14N2O3. The predicted molar refractivity (Wildman–Crippen MR) is 57.6 cm³/mol. The van der Waals surface area contributed by atoms with E-state index >= 15 is 0 Å². The van der Waals surface area contributed by atoms with Crippen molar-refractivity contribution in [2.24, 2.45) is 5.92 Å². The minimum atomic E-state index is -0.830. The summed E-state index contributed by atoms with van der Waals surface area (Å²) in [6.45, 7) is 1.25. The van der Waals surface area contributed by atoms with Gasteiger partial charge in [-0.1, -0.05) is 6.07 Å². The monoisotopic (exact) mass is 222 g/mol. The Balaban J connectivity index is 1.84. The number of carboxylic acid groups (broad SMARTS) is 1. The summed E-state index contributed by atoms with van der Waals surface area (Å²) in [6, 6.07) is 3.79. The molecule has 0 bridgehead atoms. The quantitative estimate of drug-likeness (QED) is 0.835. The van der Waals surface area contributed by atoms with Crippen LogP contribution in [-0.4, -0.2) is 41.3 Å². The van der Waals surface area contributed by atoms with Gasteiger partial charge in [-0.3, -0.25) is 0 Å². The number of ether oxygens (including phenoxy) is 1. The molecule has 5 nitrogen and oxygen atoms in total. The maximum atomic E-state index is 10.6. The van der Waals surface area contributed by atoms with Crippen molar-refractivity contribution in [2.75, 3.05) is 20.2 Å². The number of hydrogen-bond acceptors (Lipinski definition) is 3. The zero-order valence-electron chi connectivity index (χ0n) is 9.09. The number of rotatable bonds is 3. The van der Waals surface area contributed by atoms with E-state index in [4.69, 9.17) is 9.84 Å². The van der Waals surface area contributed by atoms with Crippen LogP contribution >= 0.6 is 0 Å². The molecule has 0 aromatic carbocycles. The van der Waals surface area contributed by atoms with Crippen molar-refractivity contribution in [2.45, 2.75) is 6.42 Å². The van der Waals surface area contributed by atoms with E-state index in [1.54, 1.807) is 13.3 Å². The number of hydrogen-bond donors (Lipinski definition) is 1. The Labute approximate surface area is 93.7 Å². The second kappa shape index (κ2) is 4.38. The first-order valence-corrected chi connectivity index (χ1v) is 5.16. The van der Waals surface area contributed by atoms with E-state index in [0.717, 1.165) is 12.0 Å². The first-order chi connectivity index (χ1) is 7.69. The van der Waals surface area contributed by atoms with Crippen molar-refractivity contribution < 1.29 is 14.6 Å². The zero-order valence-corrected chi connectivity index (χ0v) is 9.09. The molecule has 0 unspecified atom stereocenters. The standard InChI is InChI=1S/C11H14N2O3/c1-16-10-3-2-8(5-12-10)4-9-6-13(7-9)11(14)15/h2-3,5,9H,4,6-7H2,1H3,(H,14,15). The minimum Gasteiger partial charge on any atom is -0.481 e. The molecule has 0 radical (unpaired) electrons. The summed E-state index contributed by atoms with van der Waals surface area (Å²) < 4.78 is 4.97. The second-order valence-corrected chi connectivity index (χ2v) is 3.97. The highest BCUT2D eigenvalue weighted by atomic mass is 16.5. The molecule has 1 aromatic rings. The van der Waals surface area contributed by atoms with E-state index in [9.17, 15) is 4.79 Å². The summed E-state index contributed by atoms with van der Waals surface area (Å²) in [6.07, 6.45) is 1.83. The lowest BCUT2D eigenvalue weighted by atomic mass is 9.93. The van der Waals surface area contributed by atoms with Gasteiger partial charge in [0.05, 0.1) is 7.11 Å². The fraction of sp³-hybridized carbons (Fsp3) is 0.455. The van der Waals surface area contributed by atoms with Gasteiger partial charge in [0.15, 0.2) is 0 Å². The van der Waals surface area contributed by atoms with Crippen molar-refractivity contribution in [3.63, 3.8) is 0 Å². The Kier molecular flexibility index (Phi) is 2.94. The molecular weight excluding hydrogens is 208 g/mol. The van der Waals surface area contributed by atoms with Crippen LogP contribution in [0.15, 0.2) is 18.3 Å². The molecule has 5 heteroatoms. The van der Waals surface area contributed by atoms with Crippen LogP contribution in [0.2, 0.25) is 0 Å². The number of nitrogens with zero attached hydrogens (tertiary/aromatic N) is 2. The molecule has 0 atom stereocenters. The average molecular weight is 222 g/mol. The number of methoxy groups -OCH3 is 1. The van der Waals surface area contributed by atoms with Gasteiger partial charge in [0, 0.05) is 25.4 Å². The highest BCUT2D eigenvalue weighted by molar-refractivity contribution is 5.66. The Hall–Kier alpha value is -1.78. The molecule has 0 spiro atoms. The normalized spacial score (nSPS) is 15.7. The summed E-state index contributed by atoms with van der Waals surface area (Å²) in [5, 5.41) is 8.68. The minimum absolute atomic E-state index is 0.422. The van der Waals surface area contributed by atoms with Gasteiger partial charge in [0.2, 0.25) is 5.88 Å². The Morgan fingerprint density at radius 1 is 1.62 bits per heavy atom. The molecule has 1 amide bonds. The molecule has 1 aliphatic heterocycles. The molecule has 0 saturated carbocycles. The summed E-state index contributed by atoms with van der Waals surface area (Å²) in [5.74, 6) is 1.02. The van der Waals surface area contributed by atoms with Gasteiger partial charge in [0.1, 0.15) is 0 Å². The lowest BCUT2D eigenvalue weighted by Crippen LogP contribution is -2.50. The lowest BCUT2D eigenvalue weighted by molar-refractivity contribution is 0.0819. The Morgan fingerprint density at radius 2 is 2.38 bits per heavy atom. The lowest BCUT2D eigenvalue weighted by Gasteiger charge is -2.37. The Bertz CT molecular complexity index is 371. The van der Waals surface area contributed by atoms with E-state index in [0.29, 0.717) is 24.9 Å². The largest absolute Gasteiger partial charge is 0.481 e. The molecule has 2 heterocycles. The SMILES string of the molecule is COc1ccc(CC2CN(C(=O)O)C2)cn1. The van der Waals surface area contributed by atoms with Crippen LogP contribution in [0.3, 0.4) is 0 Å². The highest BCUT2D eigenvalue weighted by Gasteiger charge is 2.30. The first-order valence-electron chi connectivity index (χ1n) is 5.16. The van der Waals surface area contributed by atoms with E-state index in [1.165, 1.54) is 4.90 Å². The topological polar surface area (TPSA) is 62.7 Å². The van der Waals surface area contributed by atoms with Gasteiger partial charge in [-0.2, -0.15) is 0 Å². The van der Waals surface area contributed by atoms with Gasteiger partial charge in [-0.15, -0.1) is 0 Å². The van der Waals surface area contributed by atoms with Crippen LogP contribution < -0.4 is 4.74 Å². The second-order valence-electron chi connectivity index (χ2n) is 3.97. The van der Waals surface area contributed by atoms with Crippen molar-refractivity contribution in [3.8, 4) is 5.88 Å². The van der Waals surface area contributed by atoms with Crippen molar-refractivity contribution >= 4 is 6.09 Å².